The highest BCUT2D eigenvalue weighted by Gasteiger charge is 2.48. The standard InChI is InChI=1S/C10H18O3/c1-12-9-6-10(11,7-9)8-2-4-13-5-3-8/h8-9,11H,2-7H2,1H3. The minimum atomic E-state index is -0.440. The maximum atomic E-state index is 10.2. The molecule has 0 radical (unpaired) electrons. The maximum Gasteiger partial charge on any atom is 0.0726 e. The van der Waals surface area contributed by atoms with E-state index in [4.69, 9.17) is 9.47 Å². The highest BCUT2D eigenvalue weighted by Crippen LogP contribution is 2.43. The molecule has 13 heavy (non-hydrogen) atoms. The number of ether oxygens (including phenoxy) is 2. The second-order valence-electron chi connectivity index (χ2n) is 4.26. The maximum absolute atomic E-state index is 10.2. The van der Waals surface area contributed by atoms with Crippen LogP contribution in [-0.2, 0) is 9.47 Å². The molecule has 1 saturated heterocycles. The zero-order chi connectivity index (χ0) is 9.31. The van der Waals surface area contributed by atoms with Crippen LogP contribution in [0.5, 0.6) is 0 Å². The van der Waals surface area contributed by atoms with E-state index in [0.29, 0.717) is 5.92 Å². The average molecular weight is 186 g/mol. The number of rotatable bonds is 2. The summed E-state index contributed by atoms with van der Waals surface area (Å²) in [7, 11) is 1.72. The summed E-state index contributed by atoms with van der Waals surface area (Å²) >= 11 is 0. The number of hydrogen-bond donors (Lipinski definition) is 1. The molecular formula is C10H18O3. The van der Waals surface area contributed by atoms with Crippen LogP contribution in [0.4, 0.5) is 0 Å². The molecule has 0 amide bonds. The predicted octanol–water partition coefficient (Wildman–Crippen LogP) is 0.953. The van der Waals surface area contributed by atoms with E-state index in [0.717, 1.165) is 38.9 Å². The zero-order valence-electron chi connectivity index (χ0n) is 8.16. The number of aliphatic hydroxyl groups is 1. The van der Waals surface area contributed by atoms with E-state index < -0.39 is 5.60 Å². The first-order valence-electron chi connectivity index (χ1n) is 5.07. The molecule has 2 aliphatic rings. The van der Waals surface area contributed by atoms with Gasteiger partial charge in [-0.1, -0.05) is 0 Å². The summed E-state index contributed by atoms with van der Waals surface area (Å²) in [5.74, 6) is 0.438. The molecule has 2 fully saturated rings. The third-order valence-electron chi connectivity index (χ3n) is 3.48. The summed E-state index contributed by atoms with van der Waals surface area (Å²) in [5.41, 5.74) is -0.440. The molecule has 1 aliphatic heterocycles. The van der Waals surface area contributed by atoms with Crippen molar-refractivity contribution in [2.45, 2.75) is 37.4 Å². The molecular weight excluding hydrogens is 168 g/mol. The summed E-state index contributed by atoms with van der Waals surface area (Å²) in [4.78, 5) is 0. The summed E-state index contributed by atoms with van der Waals surface area (Å²) in [6, 6.07) is 0. The van der Waals surface area contributed by atoms with Crippen LogP contribution in [0.3, 0.4) is 0 Å². The van der Waals surface area contributed by atoms with E-state index in [-0.39, 0.29) is 6.10 Å². The molecule has 0 spiro atoms. The van der Waals surface area contributed by atoms with E-state index in [2.05, 4.69) is 0 Å². The van der Waals surface area contributed by atoms with Gasteiger partial charge in [-0.3, -0.25) is 0 Å². The normalized spacial score (nSPS) is 41.5. The third-order valence-corrected chi connectivity index (χ3v) is 3.48. The monoisotopic (exact) mass is 186 g/mol. The lowest BCUT2D eigenvalue weighted by molar-refractivity contribution is -0.173. The molecule has 0 aromatic heterocycles. The first-order valence-corrected chi connectivity index (χ1v) is 5.07. The summed E-state index contributed by atoms with van der Waals surface area (Å²) < 4.78 is 10.5. The fourth-order valence-corrected chi connectivity index (χ4v) is 2.46. The molecule has 1 heterocycles. The van der Waals surface area contributed by atoms with Crippen molar-refractivity contribution in [2.75, 3.05) is 20.3 Å². The Hall–Kier alpha value is -0.120. The largest absolute Gasteiger partial charge is 0.389 e. The van der Waals surface area contributed by atoms with Gasteiger partial charge in [-0.25, -0.2) is 0 Å². The smallest absolute Gasteiger partial charge is 0.0726 e. The molecule has 3 heteroatoms. The molecule has 1 aliphatic carbocycles. The van der Waals surface area contributed by atoms with Crippen molar-refractivity contribution >= 4 is 0 Å². The molecule has 0 unspecified atom stereocenters. The highest BCUT2D eigenvalue weighted by molar-refractivity contribution is 5.00. The van der Waals surface area contributed by atoms with Gasteiger partial charge < -0.3 is 14.6 Å². The second kappa shape index (κ2) is 3.56. The van der Waals surface area contributed by atoms with E-state index in [1.807, 2.05) is 0 Å². The lowest BCUT2D eigenvalue weighted by Gasteiger charge is -2.48. The van der Waals surface area contributed by atoms with Crippen LogP contribution in [0.15, 0.2) is 0 Å². The van der Waals surface area contributed by atoms with Crippen LogP contribution in [0.25, 0.3) is 0 Å². The average Bonchev–Trinajstić information content (AvgIpc) is 2.14. The van der Waals surface area contributed by atoms with Crippen molar-refractivity contribution < 1.29 is 14.6 Å². The Labute approximate surface area is 79.0 Å². The van der Waals surface area contributed by atoms with Crippen LogP contribution in [-0.4, -0.2) is 37.1 Å². The highest BCUT2D eigenvalue weighted by atomic mass is 16.5. The Balaban J connectivity index is 1.86. The van der Waals surface area contributed by atoms with Crippen molar-refractivity contribution in [3.8, 4) is 0 Å². The van der Waals surface area contributed by atoms with Crippen LogP contribution in [0.2, 0.25) is 0 Å². The Morgan fingerprint density at radius 2 is 1.92 bits per heavy atom. The second-order valence-corrected chi connectivity index (χ2v) is 4.26. The molecule has 0 atom stereocenters. The van der Waals surface area contributed by atoms with Gasteiger partial charge in [0.1, 0.15) is 0 Å². The van der Waals surface area contributed by atoms with Gasteiger partial charge in [0.15, 0.2) is 0 Å². The summed E-state index contributed by atoms with van der Waals surface area (Å²) in [6.07, 6.45) is 3.93. The molecule has 2 rings (SSSR count). The summed E-state index contributed by atoms with van der Waals surface area (Å²) in [5, 5.41) is 10.2. The fraction of sp³-hybridized carbons (Fsp3) is 1.00. The fourth-order valence-electron chi connectivity index (χ4n) is 2.46. The van der Waals surface area contributed by atoms with E-state index in [1.165, 1.54) is 0 Å². The SMILES string of the molecule is COC1CC(O)(C2CCOCC2)C1. The van der Waals surface area contributed by atoms with Crippen molar-refractivity contribution in [3.05, 3.63) is 0 Å². The molecule has 0 aromatic carbocycles. The topological polar surface area (TPSA) is 38.7 Å². The minimum Gasteiger partial charge on any atom is -0.389 e. The van der Waals surface area contributed by atoms with Crippen molar-refractivity contribution in [1.29, 1.82) is 0 Å². The third kappa shape index (κ3) is 1.73. The van der Waals surface area contributed by atoms with Crippen molar-refractivity contribution in [1.82, 2.24) is 0 Å². The molecule has 0 aromatic rings. The van der Waals surface area contributed by atoms with Crippen LogP contribution < -0.4 is 0 Å². The molecule has 1 N–H and O–H groups in total. The van der Waals surface area contributed by atoms with Gasteiger partial charge in [0.05, 0.1) is 11.7 Å². The van der Waals surface area contributed by atoms with Gasteiger partial charge in [0.25, 0.3) is 0 Å². The molecule has 1 saturated carbocycles. The Bertz CT molecular complexity index is 169. The minimum absolute atomic E-state index is 0.285. The number of hydrogen-bond acceptors (Lipinski definition) is 3. The van der Waals surface area contributed by atoms with Gasteiger partial charge in [0, 0.05) is 33.2 Å². The van der Waals surface area contributed by atoms with E-state index >= 15 is 0 Å². The van der Waals surface area contributed by atoms with E-state index in [9.17, 15) is 5.11 Å². The Morgan fingerprint density at radius 3 is 2.46 bits per heavy atom. The molecule has 0 bridgehead atoms. The van der Waals surface area contributed by atoms with Gasteiger partial charge in [-0.15, -0.1) is 0 Å². The summed E-state index contributed by atoms with van der Waals surface area (Å²) in [6.45, 7) is 1.62. The first-order chi connectivity index (χ1) is 6.24. The van der Waals surface area contributed by atoms with Crippen LogP contribution in [0, 0.1) is 5.92 Å². The quantitative estimate of drug-likeness (QED) is 0.698. The van der Waals surface area contributed by atoms with Gasteiger partial charge in [0.2, 0.25) is 0 Å². The van der Waals surface area contributed by atoms with Crippen molar-refractivity contribution in [3.63, 3.8) is 0 Å². The Morgan fingerprint density at radius 1 is 1.31 bits per heavy atom. The Kier molecular flexibility index (Phi) is 2.58. The van der Waals surface area contributed by atoms with Gasteiger partial charge >= 0.3 is 0 Å². The molecule has 76 valence electrons. The number of methoxy groups -OCH3 is 1. The lowest BCUT2D eigenvalue weighted by atomic mass is 9.67. The van der Waals surface area contributed by atoms with Crippen LogP contribution in [0.1, 0.15) is 25.7 Å². The lowest BCUT2D eigenvalue weighted by Crippen LogP contribution is -2.54. The van der Waals surface area contributed by atoms with Gasteiger partial charge in [-0.05, 0) is 18.8 Å². The van der Waals surface area contributed by atoms with Crippen molar-refractivity contribution in [2.24, 2.45) is 5.92 Å². The van der Waals surface area contributed by atoms with Gasteiger partial charge in [-0.2, -0.15) is 0 Å². The van der Waals surface area contributed by atoms with E-state index in [1.54, 1.807) is 7.11 Å². The molecule has 3 nitrogen and oxygen atoms in total. The van der Waals surface area contributed by atoms with Crippen LogP contribution >= 0.6 is 0 Å². The predicted molar refractivity (Wildman–Crippen MR) is 48.5 cm³/mol. The first kappa shape index (κ1) is 9.44. The zero-order valence-corrected chi connectivity index (χ0v) is 8.16.